The van der Waals surface area contributed by atoms with E-state index in [2.05, 4.69) is 5.32 Å². The summed E-state index contributed by atoms with van der Waals surface area (Å²) in [5.74, 6) is -2.04. The molecule has 3 aromatic rings. The zero-order chi connectivity index (χ0) is 22.0. The van der Waals surface area contributed by atoms with E-state index in [9.17, 15) is 19.1 Å². The fraction of sp³-hybridized carbons (Fsp3) is 0.167. The molecule has 0 heterocycles. The van der Waals surface area contributed by atoms with Crippen molar-refractivity contribution in [3.05, 3.63) is 94.3 Å². The number of nitrogens with one attached hydrogen (secondary N) is 1. The Balaban J connectivity index is 1.45. The first kappa shape index (κ1) is 20.9. The van der Waals surface area contributed by atoms with Crippen molar-refractivity contribution in [1.82, 2.24) is 5.32 Å². The maximum Gasteiger partial charge on any atom is 0.407 e. The van der Waals surface area contributed by atoms with Gasteiger partial charge in [0.05, 0.1) is 0 Å². The molecule has 31 heavy (non-hydrogen) atoms. The summed E-state index contributed by atoms with van der Waals surface area (Å²) < 4.78 is 19.3. The Kier molecular flexibility index (Phi) is 5.91. The Bertz CT molecular complexity index is 1100. The van der Waals surface area contributed by atoms with Crippen molar-refractivity contribution >= 4 is 23.7 Å². The molecule has 5 nitrogen and oxygen atoms in total. The molecule has 0 saturated heterocycles. The highest BCUT2D eigenvalue weighted by Gasteiger charge is 2.30. The molecule has 0 aliphatic heterocycles. The maximum atomic E-state index is 14.0. The number of carboxylic acids is 1. The third-order valence-corrected chi connectivity index (χ3v) is 5.60. The van der Waals surface area contributed by atoms with E-state index in [1.807, 2.05) is 48.5 Å². The number of fused-ring (bicyclic) bond motifs is 3. The Morgan fingerprint density at radius 1 is 1.03 bits per heavy atom. The van der Waals surface area contributed by atoms with Crippen LogP contribution in [0.25, 0.3) is 11.1 Å². The second kappa shape index (κ2) is 8.78. The molecule has 1 unspecified atom stereocenters. The third kappa shape index (κ3) is 4.39. The monoisotopic (exact) mass is 439 g/mol. The predicted octanol–water partition coefficient (Wildman–Crippen LogP) is 5.01. The maximum absolute atomic E-state index is 14.0. The van der Waals surface area contributed by atoms with Crippen LogP contribution < -0.4 is 5.32 Å². The van der Waals surface area contributed by atoms with Crippen molar-refractivity contribution in [2.75, 3.05) is 6.61 Å². The quantitative estimate of drug-likeness (QED) is 0.566. The molecule has 7 heteroatoms. The van der Waals surface area contributed by atoms with E-state index in [1.54, 1.807) is 0 Å². The molecule has 1 aliphatic carbocycles. The van der Waals surface area contributed by atoms with Gasteiger partial charge in [-0.25, -0.2) is 14.0 Å². The molecular formula is C24H19ClFNO4. The Morgan fingerprint density at radius 2 is 1.65 bits per heavy atom. The van der Waals surface area contributed by atoms with Crippen molar-refractivity contribution in [1.29, 1.82) is 0 Å². The molecule has 0 saturated carbocycles. The van der Waals surface area contributed by atoms with Crippen LogP contribution in [0.4, 0.5) is 9.18 Å². The number of amides is 1. The summed E-state index contributed by atoms with van der Waals surface area (Å²) in [5, 5.41) is 12.1. The molecule has 0 bridgehead atoms. The molecule has 158 valence electrons. The van der Waals surface area contributed by atoms with Gasteiger partial charge in [-0.3, -0.25) is 0 Å². The number of rotatable bonds is 6. The summed E-state index contributed by atoms with van der Waals surface area (Å²) in [6.07, 6.45) is -1.14. The van der Waals surface area contributed by atoms with E-state index in [0.29, 0.717) is 0 Å². The highest BCUT2D eigenvalue weighted by molar-refractivity contribution is 6.30. The summed E-state index contributed by atoms with van der Waals surface area (Å²) in [4.78, 5) is 24.0. The van der Waals surface area contributed by atoms with Crippen molar-refractivity contribution < 1.29 is 23.8 Å². The number of ether oxygens (including phenoxy) is 1. The lowest BCUT2D eigenvalue weighted by atomic mass is 9.98. The van der Waals surface area contributed by atoms with Crippen molar-refractivity contribution in [3.8, 4) is 11.1 Å². The Labute approximate surface area is 183 Å². The zero-order valence-corrected chi connectivity index (χ0v) is 17.1. The van der Waals surface area contributed by atoms with Gasteiger partial charge in [-0.1, -0.05) is 60.1 Å². The second-order valence-electron chi connectivity index (χ2n) is 7.30. The van der Waals surface area contributed by atoms with Crippen LogP contribution in [0.3, 0.4) is 0 Å². The van der Waals surface area contributed by atoms with Gasteiger partial charge in [-0.15, -0.1) is 0 Å². The van der Waals surface area contributed by atoms with Gasteiger partial charge >= 0.3 is 12.1 Å². The van der Waals surface area contributed by atoms with E-state index in [0.717, 1.165) is 28.3 Å². The highest BCUT2D eigenvalue weighted by atomic mass is 35.5. The molecule has 0 fully saturated rings. The second-order valence-corrected chi connectivity index (χ2v) is 7.74. The number of carbonyl (C=O) groups excluding carboxylic acids is 1. The van der Waals surface area contributed by atoms with E-state index in [4.69, 9.17) is 16.3 Å². The number of hydrogen-bond acceptors (Lipinski definition) is 3. The number of alkyl carbamates (subject to hydrolysis) is 1. The summed E-state index contributed by atoms with van der Waals surface area (Å²) >= 11 is 5.86. The van der Waals surface area contributed by atoms with Gasteiger partial charge in [0.15, 0.2) is 0 Å². The average Bonchev–Trinajstić information content (AvgIpc) is 3.08. The molecule has 4 rings (SSSR count). The normalized spacial score (nSPS) is 13.2. The molecular weight excluding hydrogens is 421 g/mol. The molecule has 1 atom stereocenters. The van der Waals surface area contributed by atoms with Crippen LogP contribution in [0.2, 0.25) is 5.02 Å². The van der Waals surface area contributed by atoms with E-state index in [-0.39, 0.29) is 29.5 Å². The van der Waals surface area contributed by atoms with Crippen LogP contribution >= 0.6 is 11.6 Å². The van der Waals surface area contributed by atoms with Gasteiger partial charge in [0, 0.05) is 17.4 Å². The van der Waals surface area contributed by atoms with Crippen molar-refractivity contribution in [2.45, 2.75) is 18.4 Å². The molecule has 0 aromatic heterocycles. The van der Waals surface area contributed by atoms with Crippen LogP contribution in [0, 0.1) is 5.82 Å². The van der Waals surface area contributed by atoms with Gasteiger partial charge < -0.3 is 15.2 Å². The van der Waals surface area contributed by atoms with Crippen LogP contribution in [-0.4, -0.2) is 29.8 Å². The van der Waals surface area contributed by atoms with E-state index >= 15 is 0 Å². The lowest BCUT2D eigenvalue weighted by Crippen LogP contribution is -2.43. The highest BCUT2D eigenvalue weighted by Crippen LogP contribution is 2.44. The molecule has 0 spiro atoms. The SMILES string of the molecule is O=C(NC(Cc1cc(Cl)ccc1F)C(=O)O)OCC1c2ccccc2-c2ccccc21. The van der Waals surface area contributed by atoms with E-state index in [1.165, 1.54) is 12.1 Å². The average molecular weight is 440 g/mol. The largest absolute Gasteiger partial charge is 0.480 e. The van der Waals surface area contributed by atoms with Crippen molar-refractivity contribution in [2.24, 2.45) is 0 Å². The standard InChI is InChI=1S/C24H19ClFNO4/c25-15-9-10-21(26)14(11-15)12-22(23(28)29)27-24(30)31-13-20-18-7-3-1-5-16(18)17-6-2-4-8-19(17)20/h1-11,20,22H,12-13H2,(H,27,30)(H,28,29). The first-order valence-corrected chi connectivity index (χ1v) is 10.1. The first-order valence-electron chi connectivity index (χ1n) is 9.72. The molecule has 1 aliphatic rings. The number of carboxylic acid groups (broad SMARTS) is 1. The fourth-order valence-electron chi connectivity index (χ4n) is 3.90. The van der Waals surface area contributed by atoms with Gasteiger partial charge in [0.1, 0.15) is 18.5 Å². The minimum atomic E-state index is -1.36. The molecule has 3 aromatic carbocycles. The smallest absolute Gasteiger partial charge is 0.407 e. The summed E-state index contributed by atoms with van der Waals surface area (Å²) in [6, 6.07) is 18.3. The lowest BCUT2D eigenvalue weighted by molar-refractivity contribution is -0.139. The zero-order valence-electron chi connectivity index (χ0n) is 16.3. The molecule has 2 N–H and O–H groups in total. The topological polar surface area (TPSA) is 75.6 Å². The summed E-state index contributed by atoms with van der Waals surface area (Å²) in [7, 11) is 0. The van der Waals surface area contributed by atoms with Gasteiger partial charge in [0.25, 0.3) is 0 Å². The molecule has 0 radical (unpaired) electrons. The third-order valence-electron chi connectivity index (χ3n) is 5.37. The fourth-order valence-corrected chi connectivity index (χ4v) is 4.10. The van der Waals surface area contributed by atoms with Crippen LogP contribution in [-0.2, 0) is 16.0 Å². The minimum absolute atomic E-state index is 0.0533. The predicted molar refractivity (Wildman–Crippen MR) is 115 cm³/mol. The number of hydrogen-bond donors (Lipinski definition) is 2. The summed E-state index contributed by atoms with van der Waals surface area (Å²) in [6.45, 7) is 0.0533. The van der Waals surface area contributed by atoms with Crippen LogP contribution in [0.15, 0.2) is 66.7 Å². The van der Waals surface area contributed by atoms with Crippen LogP contribution in [0.1, 0.15) is 22.6 Å². The van der Waals surface area contributed by atoms with E-state index < -0.39 is 23.9 Å². The van der Waals surface area contributed by atoms with Gasteiger partial charge in [-0.05, 0) is 46.0 Å². The number of halogens is 2. The molecule has 1 amide bonds. The van der Waals surface area contributed by atoms with Crippen LogP contribution in [0.5, 0.6) is 0 Å². The first-order chi connectivity index (χ1) is 14.9. The summed E-state index contributed by atoms with van der Waals surface area (Å²) in [5.41, 5.74) is 4.37. The number of carbonyl (C=O) groups is 2. The Morgan fingerprint density at radius 3 is 2.26 bits per heavy atom. The lowest BCUT2D eigenvalue weighted by Gasteiger charge is -2.18. The Hall–Kier alpha value is -3.38. The van der Waals surface area contributed by atoms with Crippen molar-refractivity contribution in [3.63, 3.8) is 0 Å². The van der Waals surface area contributed by atoms with Gasteiger partial charge in [-0.2, -0.15) is 0 Å². The number of benzene rings is 3. The minimum Gasteiger partial charge on any atom is -0.480 e. The number of aliphatic carboxylic acids is 1. The van der Waals surface area contributed by atoms with Gasteiger partial charge in [0.2, 0.25) is 0 Å².